The van der Waals surface area contributed by atoms with Gasteiger partial charge in [-0.2, -0.15) is 0 Å². The lowest BCUT2D eigenvalue weighted by atomic mass is 9.95. The number of nitrogens with zero attached hydrogens (tertiary/aromatic N) is 1. The van der Waals surface area contributed by atoms with Crippen LogP contribution in [0.2, 0.25) is 0 Å². The number of carboxylic acid groups (broad SMARTS) is 1. The van der Waals surface area contributed by atoms with Crippen molar-refractivity contribution in [2.75, 3.05) is 26.7 Å². The van der Waals surface area contributed by atoms with Gasteiger partial charge in [0.1, 0.15) is 5.54 Å². The fourth-order valence-corrected chi connectivity index (χ4v) is 2.12. The lowest BCUT2D eigenvalue weighted by Gasteiger charge is -2.25. The Morgan fingerprint density at radius 2 is 1.72 bits per heavy atom. The van der Waals surface area contributed by atoms with Crippen molar-refractivity contribution in [2.24, 2.45) is 0 Å². The summed E-state index contributed by atoms with van der Waals surface area (Å²) < 4.78 is 0. The molecule has 0 heterocycles. The van der Waals surface area contributed by atoms with E-state index in [4.69, 9.17) is 5.11 Å². The first kappa shape index (κ1) is 17.4. The van der Waals surface area contributed by atoms with Crippen LogP contribution in [0.3, 0.4) is 0 Å². The van der Waals surface area contributed by atoms with Gasteiger partial charge in [0, 0.05) is 0 Å². The lowest BCUT2D eigenvalue weighted by Crippen LogP contribution is -2.47. The van der Waals surface area contributed by atoms with Gasteiger partial charge in [-0.25, -0.2) is 0 Å². The molecule has 0 aromatic carbocycles. The van der Waals surface area contributed by atoms with E-state index >= 15 is 0 Å². The van der Waals surface area contributed by atoms with Crippen LogP contribution in [0.4, 0.5) is 0 Å². The Kier molecular flexibility index (Phi) is 9.02. The van der Waals surface area contributed by atoms with E-state index in [2.05, 4.69) is 24.1 Å². The van der Waals surface area contributed by atoms with E-state index in [0.717, 1.165) is 32.5 Å². The predicted molar refractivity (Wildman–Crippen MR) is 76.0 cm³/mol. The monoisotopic (exact) mass is 258 g/mol. The fraction of sp³-hybridized carbons (Fsp3) is 0.929. The van der Waals surface area contributed by atoms with Crippen molar-refractivity contribution in [1.82, 2.24) is 10.2 Å². The van der Waals surface area contributed by atoms with Gasteiger partial charge < -0.3 is 15.3 Å². The second-order valence-corrected chi connectivity index (χ2v) is 5.19. The average molecular weight is 258 g/mol. The molecule has 0 rings (SSSR count). The molecule has 2 N–H and O–H groups in total. The summed E-state index contributed by atoms with van der Waals surface area (Å²) in [5.74, 6) is -0.760. The zero-order chi connectivity index (χ0) is 14.0. The minimum absolute atomic E-state index is 0.685. The molecule has 0 aromatic rings. The summed E-state index contributed by atoms with van der Waals surface area (Å²) in [5, 5.41) is 12.0. The fourth-order valence-electron chi connectivity index (χ4n) is 2.12. The van der Waals surface area contributed by atoms with Crippen LogP contribution in [0.5, 0.6) is 0 Å². The van der Waals surface area contributed by atoms with Crippen LogP contribution in [0.25, 0.3) is 0 Å². The standard InChI is InChI=1S/C14H30N2O2/c1-5-10-16(11-6-2)12-8-7-9-14(3,15-4)13(17)18/h15H,5-12H2,1-4H3,(H,17,18). The van der Waals surface area contributed by atoms with E-state index in [1.54, 1.807) is 14.0 Å². The van der Waals surface area contributed by atoms with Crippen LogP contribution in [0, 0.1) is 0 Å². The number of carboxylic acids is 1. The second-order valence-electron chi connectivity index (χ2n) is 5.19. The third kappa shape index (κ3) is 6.36. The highest BCUT2D eigenvalue weighted by Gasteiger charge is 2.30. The Morgan fingerprint density at radius 1 is 1.17 bits per heavy atom. The molecule has 0 radical (unpaired) electrons. The smallest absolute Gasteiger partial charge is 0.323 e. The first-order valence-corrected chi connectivity index (χ1v) is 7.14. The summed E-state index contributed by atoms with van der Waals surface area (Å²) in [6.07, 6.45) is 5.08. The summed E-state index contributed by atoms with van der Waals surface area (Å²) in [6, 6.07) is 0. The van der Waals surface area contributed by atoms with Gasteiger partial charge in [-0.1, -0.05) is 13.8 Å². The highest BCUT2D eigenvalue weighted by atomic mass is 16.4. The highest BCUT2D eigenvalue weighted by Crippen LogP contribution is 2.14. The molecule has 0 amide bonds. The van der Waals surface area contributed by atoms with E-state index in [9.17, 15) is 4.79 Å². The van der Waals surface area contributed by atoms with Crippen LogP contribution in [-0.4, -0.2) is 48.2 Å². The van der Waals surface area contributed by atoms with Crippen LogP contribution < -0.4 is 5.32 Å². The summed E-state index contributed by atoms with van der Waals surface area (Å²) in [5.41, 5.74) is -0.777. The molecule has 0 aliphatic heterocycles. The van der Waals surface area contributed by atoms with Crippen molar-refractivity contribution >= 4 is 5.97 Å². The molecule has 4 nitrogen and oxygen atoms in total. The number of aliphatic carboxylic acids is 1. The maximum Gasteiger partial charge on any atom is 0.323 e. The van der Waals surface area contributed by atoms with E-state index in [0.29, 0.717) is 6.42 Å². The number of likely N-dealkylation sites (N-methyl/N-ethyl adjacent to an activating group) is 1. The van der Waals surface area contributed by atoms with Gasteiger partial charge in [-0.15, -0.1) is 0 Å². The predicted octanol–water partition coefficient (Wildman–Crippen LogP) is 2.34. The van der Waals surface area contributed by atoms with Gasteiger partial charge in [0.05, 0.1) is 0 Å². The number of carbonyl (C=O) groups is 1. The van der Waals surface area contributed by atoms with Crippen LogP contribution in [-0.2, 0) is 4.79 Å². The number of rotatable bonds is 11. The van der Waals surface area contributed by atoms with Crippen LogP contribution in [0.15, 0.2) is 0 Å². The Bertz CT molecular complexity index is 228. The summed E-state index contributed by atoms with van der Waals surface area (Å²) in [4.78, 5) is 13.6. The van der Waals surface area contributed by atoms with Crippen molar-refractivity contribution in [3.63, 3.8) is 0 Å². The zero-order valence-corrected chi connectivity index (χ0v) is 12.5. The van der Waals surface area contributed by atoms with Gasteiger partial charge in [0.2, 0.25) is 0 Å². The summed E-state index contributed by atoms with van der Waals surface area (Å²) in [7, 11) is 1.72. The maximum atomic E-state index is 11.1. The van der Waals surface area contributed by atoms with E-state index < -0.39 is 11.5 Å². The molecular weight excluding hydrogens is 228 g/mol. The van der Waals surface area contributed by atoms with Crippen molar-refractivity contribution in [1.29, 1.82) is 0 Å². The van der Waals surface area contributed by atoms with E-state index in [1.807, 2.05) is 0 Å². The Balaban J connectivity index is 3.92. The second kappa shape index (κ2) is 9.34. The number of unbranched alkanes of at least 4 members (excludes halogenated alkanes) is 1. The number of nitrogens with one attached hydrogen (secondary N) is 1. The Morgan fingerprint density at radius 3 is 2.11 bits per heavy atom. The molecule has 0 fully saturated rings. The molecule has 108 valence electrons. The SMILES string of the molecule is CCCN(CCC)CCCCC(C)(NC)C(=O)O. The maximum absolute atomic E-state index is 11.1. The largest absolute Gasteiger partial charge is 0.480 e. The molecule has 1 atom stereocenters. The van der Waals surface area contributed by atoms with Gasteiger partial charge in [0.25, 0.3) is 0 Å². The molecule has 4 heteroatoms. The van der Waals surface area contributed by atoms with Crippen molar-refractivity contribution in [3.8, 4) is 0 Å². The highest BCUT2D eigenvalue weighted by molar-refractivity contribution is 5.78. The molecule has 0 spiro atoms. The quantitative estimate of drug-likeness (QED) is 0.559. The van der Waals surface area contributed by atoms with Crippen molar-refractivity contribution in [2.45, 2.75) is 58.4 Å². The average Bonchev–Trinajstić information content (AvgIpc) is 2.34. The minimum atomic E-state index is -0.777. The van der Waals surface area contributed by atoms with E-state index in [1.165, 1.54) is 12.8 Å². The molecule has 0 bridgehead atoms. The van der Waals surface area contributed by atoms with Gasteiger partial charge in [-0.05, 0) is 65.7 Å². The molecular formula is C14H30N2O2. The first-order chi connectivity index (χ1) is 8.50. The molecule has 0 aliphatic rings. The molecule has 0 saturated heterocycles. The van der Waals surface area contributed by atoms with Gasteiger partial charge in [0.15, 0.2) is 0 Å². The Labute approximate surface area is 112 Å². The third-order valence-electron chi connectivity index (χ3n) is 3.50. The molecule has 0 aromatic heterocycles. The zero-order valence-electron chi connectivity index (χ0n) is 12.5. The number of hydrogen-bond donors (Lipinski definition) is 2. The van der Waals surface area contributed by atoms with Crippen molar-refractivity contribution < 1.29 is 9.90 Å². The minimum Gasteiger partial charge on any atom is -0.480 e. The molecule has 18 heavy (non-hydrogen) atoms. The number of hydrogen-bond acceptors (Lipinski definition) is 3. The van der Waals surface area contributed by atoms with Gasteiger partial charge in [-0.3, -0.25) is 4.79 Å². The Hall–Kier alpha value is -0.610. The van der Waals surface area contributed by atoms with Crippen molar-refractivity contribution in [3.05, 3.63) is 0 Å². The third-order valence-corrected chi connectivity index (χ3v) is 3.50. The summed E-state index contributed by atoms with van der Waals surface area (Å²) in [6.45, 7) is 9.54. The van der Waals surface area contributed by atoms with Gasteiger partial charge >= 0.3 is 5.97 Å². The lowest BCUT2D eigenvalue weighted by molar-refractivity contribution is -0.144. The van der Waals surface area contributed by atoms with Crippen LogP contribution >= 0.6 is 0 Å². The first-order valence-electron chi connectivity index (χ1n) is 7.14. The topological polar surface area (TPSA) is 52.6 Å². The molecule has 0 saturated carbocycles. The summed E-state index contributed by atoms with van der Waals surface area (Å²) >= 11 is 0. The normalized spacial score (nSPS) is 14.7. The van der Waals surface area contributed by atoms with Crippen LogP contribution in [0.1, 0.15) is 52.9 Å². The molecule has 0 aliphatic carbocycles. The molecule has 1 unspecified atom stereocenters. The van der Waals surface area contributed by atoms with E-state index in [-0.39, 0.29) is 0 Å².